The van der Waals surface area contributed by atoms with E-state index in [9.17, 15) is 9.59 Å². The molecule has 2 fully saturated rings. The van der Waals surface area contributed by atoms with Crippen LogP contribution in [-0.2, 0) is 80.5 Å². The van der Waals surface area contributed by atoms with Gasteiger partial charge in [-0.2, -0.15) is 0 Å². The first kappa shape index (κ1) is 45.7. The lowest BCUT2D eigenvalue weighted by Gasteiger charge is -2.49. The standard InChI is InChI=1S/C51H58N2O10/c1-36(54)52-46-44(58-31-40-22-12-5-13-23-40)28-43(34-56-29-38-18-8-3-9-19-38)61-51(46)63-48-45(35-57-30-39-20-10-4-11-21-39)62-50(60-33-42-26-16-7-17-27-42)47(53-37(2)55)49(48)59-32-41-24-14-6-15-25-41/h3-27,43-51H,28-35H2,1-2H3,(H,52,54)(H,53,55)/t43-,44-,45+,46+,47+,48+,49+,50+,51-/m0/s1. The molecule has 12 nitrogen and oxygen atoms in total. The summed E-state index contributed by atoms with van der Waals surface area (Å²) in [6.07, 6.45) is -5.28. The van der Waals surface area contributed by atoms with Crippen molar-refractivity contribution in [3.63, 3.8) is 0 Å². The molecule has 63 heavy (non-hydrogen) atoms. The Kier molecular flexibility index (Phi) is 17.4. The third-order valence-corrected chi connectivity index (χ3v) is 10.9. The number of hydrogen-bond donors (Lipinski definition) is 2. The Hall–Kier alpha value is -5.28. The first-order chi connectivity index (χ1) is 30.9. The van der Waals surface area contributed by atoms with Crippen molar-refractivity contribution in [2.24, 2.45) is 0 Å². The van der Waals surface area contributed by atoms with Gasteiger partial charge in [-0.15, -0.1) is 0 Å². The maximum absolute atomic E-state index is 13.1. The molecular formula is C51H58N2O10. The molecule has 7 rings (SSSR count). The average Bonchev–Trinajstić information content (AvgIpc) is 3.30. The van der Waals surface area contributed by atoms with Gasteiger partial charge in [-0.1, -0.05) is 152 Å². The van der Waals surface area contributed by atoms with Crippen LogP contribution in [0.2, 0.25) is 0 Å². The number of amides is 2. The van der Waals surface area contributed by atoms with Gasteiger partial charge in [0.1, 0.15) is 30.4 Å². The largest absolute Gasteiger partial charge is 0.374 e. The molecule has 2 N–H and O–H groups in total. The van der Waals surface area contributed by atoms with E-state index in [1.807, 2.05) is 152 Å². The van der Waals surface area contributed by atoms with E-state index in [4.69, 9.17) is 37.9 Å². The zero-order valence-corrected chi connectivity index (χ0v) is 35.9. The van der Waals surface area contributed by atoms with E-state index in [0.717, 1.165) is 27.8 Å². The number of carbonyl (C=O) groups is 2. The summed E-state index contributed by atoms with van der Waals surface area (Å²) in [7, 11) is 0. The molecule has 0 radical (unpaired) electrons. The number of benzene rings is 5. The van der Waals surface area contributed by atoms with E-state index in [2.05, 4.69) is 10.6 Å². The number of nitrogens with one attached hydrogen (secondary N) is 2. The third-order valence-electron chi connectivity index (χ3n) is 10.9. The minimum atomic E-state index is -1.08. The Labute approximate surface area is 370 Å². The van der Waals surface area contributed by atoms with Gasteiger partial charge in [-0.3, -0.25) is 9.59 Å². The summed E-state index contributed by atoms with van der Waals surface area (Å²) in [5, 5.41) is 6.17. The van der Waals surface area contributed by atoms with Crippen LogP contribution in [0.3, 0.4) is 0 Å². The summed E-state index contributed by atoms with van der Waals surface area (Å²) in [5.74, 6) is -0.591. The van der Waals surface area contributed by atoms with Gasteiger partial charge in [0.2, 0.25) is 11.8 Å². The van der Waals surface area contributed by atoms with Crippen LogP contribution in [0.4, 0.5) is 0 Å². The van der Waals surface area contributed by atoms with Gasteiger partial charge in [0.15, 0.2) is 12.6 Å². The zero-order valence-electron chi connectivity index (χ0n) is 35.9. The van der Waals surface area contributed by atoms with Crippen molar-refractivity contribution in [1.82, 2.24) is 10.6 Å². The Morgan fingerprint density at radius 1 is 0.492 bits per heavy atom. The summed E-state index contributed by atoms with van der Waals surface area (Å²) in [6.45, 7) is 4.57. The SMILES string of the molecule is CC(=O)N[C@H]1[C@H](OCc2ccccc2)O[C@H](COCc2ccccc2)[C@@H](O[C@@H]2O[C@H](COCc3ccccc3)C[C@H](OCc3ccccc3)[C@H]2NC(C)=O)[C@@H]1OCc1ccccc1. The second-order valence-electron chi connectivity index (χ2n) is 15.9. The number of ether oxygens (including phenoxy) is 8. The van der Waals surface area contributed by atoms with Gasteiger partial charge in [0, 0.05) is 20.3 Å². The van der Waals surface area contributed by atoms with Crippen molar-refractivity contribution in [3.05, 3.63) is 179 Å². The molecule has 2 aliphatic rings. The maximum atomic E-state index is 13.1. The molecule has 5 aromatic carbocycles. The molecule has 0 aromatic heterocycles. The maximum Gasteiger partial charge on any atom is 0.217 e. The molecule has 0 aliphatic carbocycles. The number of rotatable bonds is 21. The lowest BCUT2D eigenvalue weighted by molar-refractivity contribution is -0.333. The van der Waals surface area contributed by atoms with Crippen LogP contribution < -0.4 is 10.6 Å². The van der Waals surface area contributed by atoms with E-state index in [0.29, 0.717) is 26.2 Å². The zero-order chi connectivity index (χ0) is 43.6. The summed E-state index contributed by atoms with van der Waals surface area (Å²) >= 11 is 0. The predicted octanol–water partition coefficient (Wildman–Crippen LogP) is 7.04. The minimum Gasteiger partial charge on any atom is -0.374 e. The van der Waals surface area contributed by atoms with Crippen molar-refractivity contribution in [2.45, 2.75) is 108 Å². The smallest absolute Gasteiger partial charge is 0.217 e. The second kappa shape index (κ2) is 24.0. The van der Waals surface area contributed by atoms with Crippen molar-refractivity contribution in [3.8, 4) is 0 Å². The Morgan fingerprint density at radius 2 is 0.921 bits per heavy atom. The lowest BCUT2D eigenvalue weighted by atomic mass is 9.94. The van der Waals surface area contributed by atoms with Crippen LogP contribution in [0.5, 0.6) is 0 Å². The predicted molar refractivity (Wildman–Crippen MR) is 235 cm³/mol. The Balaban J connectivity index is 1.22. The molecule has 12 heteroatoms. The summed E-state index contributed by atoms with van der Waals surface area (Å²) < 4.78 is 53.4. The monoisotopic (exact) mass is 858 g/mol. The van der Waals surface area contributed by atoms with Crippen LogP contribution in [0.1, 0.15) is 48.1 Å². The van der Waals surface area contributed by atoms with Crippen LogP contribution in [0, 0.1) is 0 Å². The van der Waals surface area contributed by atoms with E-state index < -0.39 is 55.2 Å². The Morgan fingerprint density at radius 3 is 1.41 bits per heavy atom. The van der Waals surface area contributed by atoms with E-state index in [-0.39, 0.29) is 38.2 Å². The van der Waals surface area contributed by atoms with Crippen molar-refractivity contribution < 1.29 is 47.5 Å². The molecule has 2 amide bonds. The lowest BCUT2D eigenvalue weighted by Crippen LogP contribution is -2.68. The van der Waals surface area contributed by atoms with Gasteiger partial charge in [-0.25, -0.2) is 0 Å². The topological polar surface area (TPSA) is 132 Å². The molecule has 0 bridgehead atoms. The van der Waals surface area contributed by atoms with Crippen molar-refractivity contribution >= 4 is 11.8 Å². The van der Waals surface area contributed by atoms with E-state index in [1.165, 1.54) is 13.8 Å². The number of hydrogen-bond acceptors (Lipinski definition) is 10. The highest BCUT2D eigenvalue weighted by Gasteiger charge is 2.52. The molecule has 2 aliphatic heterocycles. The normalized spacial score (nSPS) is 24.6. The van der Waals surface area contributed by atoms with Crippen LogP contribution in [-0.4, -0.2) is 80.2 Å². The molecule has 2 heterocycles. The molecular weight excluding hydrogens is 801 g/mol. The highest BCUT2D eigenvalue weighted by atomic mass is 16.7. The highest BCUT2D eigenvalue weighted by Crippen LogP contribution is 2.34. The van der Waals surface area contributed by atoms with Crippen molar-refractivity contribution in [2.75, 3.05) is 13.2 Å². The third kappa shape index (κ3) is 14.1. The fraction of sp³-hybridized carbons (Fsp3) is 0.373. The van der Waals surface area contributed by atoms with E-state index in [1.54, 1.807) is 0 Å². The first-order valence-electron chi connectivity index (χ1n) is 21.6. The van der Waals surface area contributed by atoms with Gasteiger partial charge >= 0.3 is 0 Å². The van der Waals surface area contributed by atoms with Crippen LogP contribution in [0.25, 0.3) is 0 Å². The molecule has 9 atom stereocenters. The number of carbonyl (C=O) groups excluding carboxylic acids is 2. The fourth-order valence-corrected chi connectivity index (χ4v) is 7.83. The summed E-state index contributed by atoms with van der Waals surface area (Å²) in [6, 6.07) is 47.5. The highest BCUT2D eigenvalue weighted by molar-refractivity contribution is 5.73. The average molecular weight is 859 g/mol. The van der Waals surface area contributed by atoms with Gasteiger partial charge in [0.05, 0.1) is 58.5 Å². The van der Waals surface area contributed by atoms with E-state index >= 15 is 0 Å². The molecule has 2 saturated heterocycles. The summed E-state index contributed by atoms with van der Waals surface area (Å²) in [4.78, 5) is 26.1. The Bertz CT molecular complexity index is 2080. The van der Waals surface area contributed by atoms with Gasteiger partial charge in [-0.05, 0) is 27.8 Å². The minimum absolute atomic E-state index is 0.0673. The van der Waals surface area contributed by atoms with Crippen molar-refractivity contribution in [1.29, 1.82) is 0 Å². The second-order valence-corrected chi connectivity index (χ2v) is 15.9. The van der Waals surface area contributed by atoms with Gasteiger partial charge < -0.3 is 48.5 Å². The molecule has 0 saturated carbocycles. The molecule has 0 unspecified atom stereocenters. The summed E-state index contributed by atoms with van der Waals surface area (Å²) in [5.41, 5.74) is 4.82. The van der Waals surface area contributed by atoms with Crippen LogP contribution in [0.15, 0.2) is 152 Å². The first-order valence-corrected chi connectivity index (χ1v) is 21.6. The molecule has 5 aromatic rings. The van der Waals surface area contributed by atoms with Gasteiger partial charge in [0.25, 0.3) is 0 Å². The van der Waals surface area contributed by atoms with Crippen LogP contribution >= 0.6 is 0 Å². The fourth-order valence-electron chi connectivity index (χ4n) is 7.83. The molecule has 0 spiro atoms. The quantitative estimate of drug-likeness (QED) is 0.0793. The molecule has 332 valence electrons.